The second kappa shape index (κ2) is 5.99. The van der Waals surface area contributed by atoms with Crippen molar-refractivity contribution < 1.29 is 4.39 Å². The van der Waals surface area contributed by atoms with Crippen LogP contribution in [0.3, 0.4) is 0 Å². The summed E-state index contributed by atoms with van der Waals surface area (Å²) in [5.41, 5.74) is 0. The van der Waals surface area contributed by atoms with Gasteiger partial charge in [0.25, 0.3) is 0 Å². The van der Waals surface area contributed by atoms with Crippen molar-refractivity contribution in [3.05, 3.63) is 35.0 Å². The van der Waals surface area contributed by atoms with Crippen molar-refractivity contribution in [2.24, 2.45) is 0 Å². The Bertz CT molecular complexity index is 567. The Morgan fingerprint density at radius 1 is 1.44 bits per heavy atom. The van der Waals surface area contributed by atoms with E-state index in [0.29, 0.717) is 6.42 Å². The second-order valence-electron chi connectivity index (χ2n) is 4.25. The zero-order valence-electron chi connectivity index (χ0n) is 10.4. The standard InChI is InChI=1S/C15H16FNS/c1-3-5-13(17-8-4-2)15-9-11-6-7-12(16)10-14(11)18-15/h1,6-7,9-10,13,17H,4-5,8H2,2H3. The van der Waals surface area contributed by atoms with E-state index in [1.807, 2.05) is 6.07 Å². The van der Waals surface area contributed by atoms with Crippen molar-refractivity contribution >= 4 is 21.4 Å². The predicted octanol–water partition coefficient (Wildman–Crippen LogP) is 4.10. The van der Waals surface area contributed by atoms with E-state index in [0.717, 1.165) is 23.1 Å². The van der Waals surface area contributed by atoms with Crippen LogP contribution in [-0.2, 0) is 0 Å². The zero-order valence-corrected chi connectivity index (χ0v) is 11.2. The van der Waals surface area contributed by atoms with Gasteiger partial charge in [-0.05, 0) is 36.6 Å². The molecule has 1 aromatic carbocycles. The number of hydrogen-bond acceptors (Lipinski definition) is 2. The first kappa shape index (κ1) is 13.1. The van der Waals surface area contributed by atoms with Crippen molar-refractivity contribution in [2.45, 2.75) is 25.8 Å². The molecule has 1 nitrogen and oxygen atoms in total. The summed E-state index contributed by atoms with van der Waals surface area (Å²) in [5.74, 6) is 2.51. The SMILES string of the molecule is C#CCC(NCCC)c1cc2ccc(F)cc2s1. The number of nitrogens with one attached hydrogen (secondary N) is 1. The molecule has 0 bridgehead atoms. The van der Waals surface area contributed by atoms with Gasteiger partial charge in [0, 0.05) is 16.0 Å². The third kappa shape index (κ3) is 2.90. The number of hydrogen-bond donors (Lipinski definition) is 1. The summed E-state index contributed by atoms with van der Waals surface area (Å²) in [7, 11) is 0. The van der Waals surface area contributed by atoms with Gasteiger partial charge in [0.1, 0.15) is 5.82 Å². The molecule has 0 aliphatic carbocycles. The van der Waals surface area contributed by atoms with E-state index in [1.165, 1.54) is 10.9 Å². The van der Waals surface area contributed by atoms with Crippen LogP contribution >= 0.6 is 11.3 Å². The highest BCUT2D eigenvalue weighted by Gasteiger charge is 2.13. The van der Waals surface area contributed by atoms with Crippen molar-refractivity contribution in [1.29, 1.82) is 0 Å². The highest BCUT2D eigenvalue weighted by Crippen LogP contribution is 2.31. The summed E-state index contributed by atoms with van der Waals surface area (Å²) in [6, 6.07) is 7.17. The normalized spacial score (nSPS) is 12.5. The molecule has 0 aliphatic rings. The monoisotopic (exact) mass is 261 g/mol. The number of rotatable bonds is 5. The molecule has 0 saturated carbocycles. The van der Waals surface area contributed by atoms with Gasteiger partial charge in [-0.1, -0.05) is 13.0 Å². The van der Waals surface area contributed by atoms with E-state index in [-0.39, 0.29) is 11.9 Å². The molecule has 0 spiro atoms. The van der Waals surface area contributed by atoms with Crippen LogP contribution in [0.1, 0.15) is 30.7 Å². The van der Waals surface area contributed by atoms with E-state index in [2.05, 4.69) is 24.2 Å². The van der Waals surface area contributed by atoms with E-state index in [1.54, 1.807) is 17.4 Å². The van der Waals surface area contributed by atoms with Gasteiger partial charge in [-0.2, -0.15) is 0 Å². The lowest BCUT2D eigenvalue weighted by Gasteiger charge is -2.13. The third-order valence-electron chi connectivity index (χ3n) is 2.81. The zero-order chi connectivity index (χ0) is 13.0. The number of terminal acetylenes is 1. The van der Waals surface area contributed by atoms with Gasteiger partial charge in [0.15, 0.2) is 0 Å². The molecule has 1 unspecified atom stereocenters. The molecule has 0 radical (unpaired) electrons. The number of halogens is 1. The van der Waals surface area contributed by atoms with E-state index >= 15 is 0 Å². The van der Waals surface area contributed by atoms with Gasteiger partial charge in [0.2, 0.25) is 0 Å². The molecule has 2 aromatic rings. The second-order valence-corrected chi connectivity index (χ2v) is 5.36. The Morgan fingerprint density at radius 3 is 3.00 bits per heavy atom. The summed E-state index contributed by atoms with van der Waals surface area (Å²) < 4.78 is 14.1. The fraction of sp³-hybridized carbons (Fsp3) is 0.333. The van der Waals surface area contributed by atoms with Crippen molar-refractivity contribution in [3.8, 4) is 12.3 Å². The fourth-order valence-corrected chi connectivity index (χ4v) is 3.07. The minimum atomic E-state index is -0.189. The van der Waals surface area contributed by atoms with Gasteiger partial charge in [-0.15, -0.1) is 23.7 Å². The number of fused-ring (bicyclic) bond motifs is 1. The van der Waals surface area contributed by atoms with E-state index in [9.17, 15) is 4.39 Å². The predicted molar refractivity (Wildman–Crippen MR) is 76.3 cm³/mol. The highest BCUT2D eigenvalue weighted by molar-refractivity contribution is 7.19. The van der Waals surface area contributed by atoms with Gasteiger partial charge < -0.3 is 5.32 Å². The summed E-state index contributed by atoms with van der Waals surface area (Å²) in [6.45, 7) is 3.06. The van der Waals surface area contributed by atoms with Crippen LogP contribution in [0.25, 0.3) is 10.1 Å². The summed E-state index contributed by atoms with van der Waals surface area (Å²) in [6.07, 6.45) is 7.14. The Labute approximate surface area is 111 Å². The van der Waals surface area contributed by atoms with Gasteiger partial charge in [-0.3, -0.25) is 0 Å². The maximum atomic E-state index is 13.2. The molecule has 94 valence electrons. The molecule has 2 rings (SSSR count). The maximum absolute atomic E-state index is 13.2. The number of benzene rings is 1. The topological polar surface area (TPSA) is 12.0 Å². The minimum absolute atomic E-state index is 0.176. The Kier molecular flexibility index (Phi) is 4.35. The molecular formula is C15H16FNS. The Balaban J connectivity index is 2.29. The molecule has 0 fully saturated rings. The molecule has 18 heavy (non-hydrogen) atoms. The molecule has 1 atom stereocenters. The van der Waals surface area contributed by atoms with Gasteiger partial charge in [-0.25, -0.2) is 4.39 Å². The lowest BCUT2D eigenvalue weighted by atomic mass is 10.1. The molecule has 1 aromatic heterocycles. The van der Waals surface area contributed by atoms with Gasteiger partial charge >= 0.3 is 0 Å². The minimum Gasteiger partial charge on any atom is -0.308 e. The molecule has 3 heteroatoms. The van der Waals surface area contributed by atoms with Crippen LogP contribution in [0.5, 0.6) is 0 Å². The fourth-order valence-electron chi connectivity index (χ4n) is 1.91. The summed E-state index contributed by atoms with van der Waals surface area (Å²) >= 11 is 1.61. The van der Waals surface area contributed by atoms with Crippen LogP contribution in [0.4, 0.5) is 4.39 Å². The summed E-state index contributed by atoms with van der Waals surface area (Å²) in [5, 5.41) is 4.52. The van der Waals surface area contributed by atoms with Crippen molar-refractivity contribution in [3.63, 3.8) is 0 Å². The highest BCUT2D eigenvalue weighted by atomic mass is 32.1. The van der Waals surface area contributed by atoms with Crippen LogP contribution in [-0.4, -0.2) is 6.54 Å². The van der Waals surface area contributed by atoms with Crippen LogP contribution in [0.2, 0.25) is 0 Å². The largest absolute Gasteiger partial charge is 0.308 e. The third-order valence-corrected chi connectivity index (χ3v) is 4.02. The average molecular weight is 261 g/mol. The first-order valence-electron chi connectivity index (χ1n) is 6.10. The number of thiophene rings is 1. The summed E-state index contributed by atoms with van der Waals surface area (Å²) in [4.78, 5) is 1.18. The lowest BCUT2D eigenvalue weighted by Crippen LogP contribution is -2.20. The van der Waals surface area contributed by atoms with Gasteiger partial charge in [0.05, 0.1) is 6.04 Å². The lowest BCUT2D eigenvalue weighted by molar-refractivity contribution is 0.550. The maximum Gasteiger partial charge on any atom is 0.124 e. The van der Waals surface area contributed by atoms with Crippen molar-refractivity contribution in [1.82, 2.24) is 5.32 Å². The first-order valence-corrected chi connectivity index (χ1v) is 6.92. The molecule has 0 amide bonds. The Morgan fingerprint density at radius 2 is 2.28 bits per heavy atom. The average Bonchev–Trinajstić information content (AvgIpc) is 2.77. The smallest absolute Gasteiger partial charge is 0.124 e. The first-order chi connectivity index (χ1) is 8.74. The molecule has 1 heterocycles. The molecule has 1 N–H and O–H groups in total. The van der Waals surface area contributed by atoms with Crippen LogP contribution in [0, 0.1) is 18.2 Å². The molecule has 0 aliphatic heterocycles. The van der Waals surface area contributed by atoms with E-state index < -0.39 is 0 Å². The Hall–Kier alpha value is -1.37. The van der Waals surface area contributed by atoms with Crippen LogP contribution in [0.15, 0.2) is 24.3 Å². The van der Waals surface area contributed by atoms with E-state index in [4.69, 9.17) is 6.42 Å². The molecular weight excluding hydrogens is 245 g/mol. The quantitative estimate of drug-likeness (QED) is 0.799. The molecule has 0 saturated heterocycles. The van der Waals surface area contributed by atoms with Crippen LogP contribution < -0.4 is 5.32 Å². The van der Waals surface area contributed by atoms with Crippen molar-refractivity contribution in [2.75, 3.05) is 6.54 Å².